The monoisotopic (exact) mass is 287 g/mol. The topological polar surface area (TPSA) is 85.5 Å². The molecule has 21 heavy (non-hydrogen) atoms. The predicted molar refractivity (Wildman–Crippen MR) is 72.2 cm³/mol. The fraction of sp³-hybridized carbons (Fsp3) is 0.286. The molecule has 0 saturated heterocycles. The molecular formula is C14H13N3O4. The molecule has 0 aliphatic carbocycles. The lowest BCUT2D eigenvalue weighted by Gasteiger charge is -2.14. The summed E-state index contributed by atoms with van der Waals surface area (Å²) in [4.78, 5) is 29.5. The second kappa shape index (κ2) is 5.01. The molecule has 1 aliphatic heterocycles. The van der Waals surface area contributed by atoms with Crippen LogP contribution in [0.4, 0.5) is 5.69 Å². The zero-order valence-corrected chi connectivity index (χ0v) is 11.6. The third kappa shape index (κ3) is 2.16. The number of carbonyl (C=O) groups excluding carboxylic acids is 2. The number of rotatable bonds is 4. The maximum Gasteiger partial charge on any atom is 0.299 e. The summed E-state index contributed by atoms with van der Waals surface area (Å²) in [5.41, 5.74) is 0.858. The predicted octanol–water partition coefficient (Wildman–Crippen LogP) is 1.37. The van der Waals surface area contributed by atoms with Crippen LogP contribution in [0.2, 0.25) is 0 Å². The highest BCUT2D eigenvalue weighted by Crippen LogP contribution is 2.33. The molecule has 2 heterocycles. The number of carbonyl (C=O) groups is 2. The average molecular weight is 287 g/mol. The summed E-state index contributed by atoms with van der Waals surface area (Å²) < 4.78 is 10.2. The number of anilines is 1. The van der Waals surface area contributed by atoms with Gasteiger partial charge in [-0.05, 0) is 12.1 Å². The number of aromatic nitrogens is 2. The van der Waals surface area contributed by atoms with Crippen molar-refractivity contribution in [3.63, 3.8) is 0 Å². The van der Waals surface area contributed by atoms with Gasteiger partial charge >= 0.3 is 0 Å². The number of aryl methyl sites for hydroxylation is 1. The quantitative estimate of drug-likeness (QED) is 0.789. The van der Waals surface area contributed by atoms with Crippen LogP contribution in [-0.4, -0.2) is 28.9 Å². The third-order valence-corrected chi connectivity index (χ3v) is 3.30. The number of nitrogens with zero attached hydrogens (tertiary/aromatic N) is 3. The molecule has 1 aromatic heterocycles. The number of ketones is 1. The van der Waals surface area contributed by atoms with Crippen molar-refractivity contribution in [1.82, 2.24) is 10.1 Å². The lowest BCUT2D eigenvalue weighted by atomic mass is 10.1. The molecule has 0 spiro atoms. The Kier molecular flexibility index (Phi) is 3.17. The molecule has 0 saturated carbocycles. The second-order valence-electron chi connectivity index (χ2n) is 4.56. The van der Waals surface area contributed by atoms with Crippen molar-refractivity contribution in [1.29, 1.82) is 0 Å². The minimum atomic E-state index is -0.602. The second-order valence-corrected chi connectivity index (χ2v) is 4.56. The maximum absolute atomic E-state index is 12.1. The van der Waals surface area contributed by atoms with Gasteiger partial charge in [-0.25, -0.2) is 0 Å². The van der Waals surface area contributed by atoms with E-state index in [0.717, 1.165) is 0 Å². The smallest absolute Gasteiger partial charge is 0.299 e. The van der Waals surface area contributed by atoms with Crippen LogP contribution in [0.1, 0.15) is 29.0 Å². The molecule has 7 heteroatoms. The molecule has 0 fully saturated rings. The summed E-state index contributed by atoms with van der Waals surface area (Å²) in [7, 11) is 1.52. The summed E-state index contributed by atoms with van der Waals surface area (Å²) in [5.74, 6) is 0.288. The maximum atomic E-state index is 12.1. The first-order valence-corrected chi connectivity index (χ1v) is 6.49. The molecule has 0 N–H and O–H groups in total. The Morgan fingerprint density at radius 1 is 1.33 bits per heavy atom. The van der Waals surface area contributed by atoms with Crippen molar-refractivity contribution in [3.05, 3.63) is 35.5 Å². The third-order valence-electron chi connectivity index (χ3n) is 3.30. The van der Waals surface area contributed by atoms with Gasteiger partial charge in [-0.1, -0.05) is 12.1 Å². The van der Waals surface area contributed by atoms with E-state index in [-0.39, 0.29) is 6.54 Å². The molecule has 0 radical (unpaired) electrons. The number of hydrogen-bond donors (Lipinski definition) is 0. The van der Waals surface area contributed by atoms with Gasteiger partial charge in [0.25, 0.3) is 11.7 Å². The van der Waals surface area contributed by atoms with Gasteiger partial charge in [-0.3, -0.25) is 14.5 Å². The molecule has 7 nitrogen and oxygen atoms in total. The molecule has 0 bridgehead atoms. The summed E-state index contributed by atoms with van der Waals surface area (Å²) in [5, 5.41) is 3.78. The van der Waals surface area contributed by atoms with Crippen molar-refractivity contribution < 1.29 is 18.8 Å². The minimum Gasteiger partial charge on any atom is -0.497 e. The lowest BCUT2D eigenvalue weighted by molar-refractivity contribution is -0.114. The van der Waals surface area contributed by atoms with Gasteiger partial charge in [0.15, 0.2) is 5.82 Å². The number of hydrogen-bond acceptors (Lipinski definition) is 6. The van der Waals surface area contributed by atoms with E-state index >= 15 is 0 Å². The number of ether oxygens (including phenoxy) is 1. The lowest BCUT2D eigenvalue weighted by Crippen LogP contribution is -2.29. The van der Waals surface area contributed by atoms with Gasteiger partial charge in [0, 0.05) is 12.5 Å². The summed E-state index contributed by atoms with van der Waals surface area (Å²) in [6.45, 7) is 1.97. The van der Waals surface area contributed by atoms with Crippen molar-refractivity contribution >= 4 is 17.4 Å². The van der Waals surface area contributed by atoms with Gasteiger partial charge in [-0.2, -0.15) is 4.98 Å². The largest absolute Gasteiger partial charge is 0.497 e. The van der Waals surface area contributed by atoms with Gasteiger partial charge in [0.1, 0.15) is 12.3 Å². The molecule has 3 rings (SSSR count). The van der Waals surface area contributed by atoms with Gasteiger partial charge in [0.05, 0.1) is 18.4 Å². The number of benzene rings is 1. The van der Waals surface area contributed by atoms with Gasteiger partial charge in [-0.15, -0.1) is 0 Å². The Bertz CT molecular complexity index is 723. The van der Waals surface area contributed by atoms with Crippen molar-refractivity contribution in [3.8, 4) is 5.75 Å². The first-order chi connectivity index (χ1) is 10.1. The van der Waals surface area contributed by atoms with Crippen molar-refractivity contribution in [2.75, 3.05) is 12.0 Å². The fourth-order valence-electron chi connectivity index (χ4n) is 2.19. The number of Topliss-reactive ketones (excluding diaryl/α,β-unsaturated/α-hetero) is 1. The van der Waals surface area contributed by atoms with E-state index in [1.807, 2.05) is 6.92 Å². The molecule has 1 aliphatic rings. The minimum absolute atomic E-state index is 0.0672. The molecule has 0 unspecified atom stereocenters. The molecule has 0 atom stereocenters. The van der Waals surface area contributed by atoms with Gasteiger partial charge in [0.2, 0.25) is 5.89 Å². The van der Waals surface area contributed by atoms with Crippen LogP contribution in [-0.2, 0) is 17.8 Å². The Hall–Kier alpha value is -2.70. The van der Waals surface area contributed by atoms with Crippen LogP contribution >= 0.6 is 0 Å². The normalized spacial score (nSPS) is 13.7. The van der Waals surface area contributed by atoms with Crippen LogP contribution in [0.15, 0.2) is 22.7 Å². The molecule has 1 aromatic carbocycles. The van der Waals surface area contributed by atoms with Crippen LogP contribution in [0.5, 0.6) is 5.75 Å². The molecule has 1 amide bonds. The summed E-state index contributed by atoms with van der Waals surface area (Å²) in [6.07, 6.45) is 0.640. The zero-order chi connectivity index (χ0) is 15.0. The Balaban J connectivity index is 1.96. The first kappa shape index (κ1) is 13.3. The van der Waals surface area contributed by atoms with E-state index in [1.54, 1.807) is 18.2 Å². The van der Waals surface area contributed by atoms with E-state index in [1.165, 1.54) is 12.0 Å². The van der Waals surface area contributed by atoms with E-state index in [2.05, 4.69) is 10.1 Å². The Labute approximate surface area is 120 Å². The summed E-state index contributed by atoms with van der Waals surface area (Å²) in [6, 6.07) is 4.88. The highest BCUT2D eigenvalue weighted by molar-refractivity contribution is 6.52. The number of methoxy groups -OCH3 is 1. The Morgan fingerprint density at radius 2 is 2.14 bits per heavy atom. The van der Waals surface area contributed by atoms with Crippen molar-refractivity contribution in [2.24, 2.45) is 0 Å². The van der Waals surface area contributed by atoms with Crippen molar-refractivity contribution in [2.45, 2.75) is 19.9 Å². The number of fused-ring (bicyclic) bond motifs is 1. The van der Waals surface area contributed by atoms with Crippen LogP contribution in [0.25, 0.3) is 0 Å². The van der Waals surface area contributed by atoms with E-state index in [4.69, 9.17) is 9.26 Å². The Morgan fingerprint density at radius 3 is 2.81 bits per heavy atom. The molecule has 108 valence electrons. The van der Waals surface area contributed by atoms with Crippen LogP contribution < -0.4 is 9.64 Å². The van der Waals surface area contributed by atoms with Crippen LogP contribution in [0.3, 0.4) is 0 Å². The van der Waals surface area contributed by atoms with Gasteiger partial charge < -0.3 is 9.26 Å². The van der Waals surface area contributed by atoms with Crippen LogP contribution in [0, 0.1) is 0 Å². The zero-order valence-electron chi connectivity index (χ0n) is 11.6. The SMILES string of the molecule is CCc1noc(CN2C(=O)C(=O)c3ccc(OC)cc32)n1. The van der Waals surface area contributed by atoms with E-state index in [0.29, 0.717) is 35.1 Å². The first-order valence-electron chi connectivity index (χ1n) is 6.49. The fourth-order valence-corrected chi connectivity index (χ4v) is 2.19. The van der Waals surface area contributed by atoms with E-state index in [9.17, 15) is 9.59 Å². The highest BCUT2D eigenvalue weighted by atomic mass is 16.5. The summed E-state index contributed by atoms with van der Waals surface area (Å²) >= 11 is 0. The standard InChI is InChI=1S/C14H13N3O4/c1-3-11-15-12(21-16-11)7-17-10-6-8(20-2)4-5-9(10)13(18)14(17)19/h4-6H,3,7H2,1-2H3. The molecular weight excluding hydrogens is 274 g/mol. The van der Waals surface area contributed by atoms with E-state index < -0.39 is 11.7 Å². The highest BCUT2D eigenvalue weighted by Gasteiger charge is 2.37. The average Bonchev–Trinajstić information content (AvgIpc) is 3.06. The molecule has 2 aromatic rings. The number of amides is 1.